The molecule has 1 heterocycles. The summed E-state index contributed by atoms with van der Waals surface area (Å²) in [5.41, 5.74) is 0.930. The molecule has 2 unspecified atom stereocenters. The van der Waals surface area contributed by atoms with Crippen LogP contribution in [0.2, 0.25) is 0 Å². The van der Waals surface area contributed by atoms with Crippen molar-refractivity contribution in [1.82, 2.24) is 5.32 Å². The summed E-state index contributed by atoms with van der Waals surface area (Å²) in [5, 5.41) is 3.47. The minimum atomic E-state index is -0.154. The van der Waals surface area contributed by atoms with Crippen LogP contribution < -0.4 is 14.8 Å². The third kappa shape index (κ3) is 3.07. The van der Waals surface area contributed by atoms with Crippen molar-refractivity contribution in [3.05, 3.63) is 23.8 Å². The van der Waals surface area contributed by atoms with Crippen LogP contribution in [0.4, 0.5) is 0 Å². The number of morpholine rings is 1. The minimum absolute atomic E-state index is 0.0140. The molecule has 1 aromatic rings. The molecule has 1 saturated heterocycles. The van der Waals surface area contributed by atoms with Crippen molar-refractivity contribution in [2.45, 2.75) is 32.5 Å². The Morgan fingerprint density at radius 3 is 2.30 bits per heavy atom. The first-order valence-electron chi connectivity index (χ1n) is 7.10. The van der Waals surface area contributed by atoms with Crippen molar-refractivity contribution < 1.29 is 14.2 Å². The minimum Gasteiger partial charge on any atom is -0.497 e. The van der Waals surface area contributed by atoms with E-state index in [1.807, 2.05) is 18.2 Å². The Kier molecular flexibility index (Phi) is 4.55. The molecule has 1 N–H and O–H groups in total. The Balaban J connectivity index is 2.26. The number of ether oxygens (including phenoxy) is 3. The van der Waals surface area contributed by atoms with Gasteiger partial charge in [0.05, 0.1) is 25.9 Å². The molecule has 1 aliphatic rings. The van der Waals surface area contributed by atoms with E-state index < -0.39 is 0 Å². The zero-order valence-corrected chi connectivity index (χ0v) is 13.0. The van der Waals surface area contributed by atoms with Gasteiger partial charge in [0.2, 0.25) is 0 Å². The number of benzene rings is 1. The van der Waals surface area contributed by atoms with E-state index in [1.165, 1.54) is 0 Å². The predicted octanol–water partition coefficient (Wildman–Crippen LogP) is 2.78. The summed E-state index contributed by atoms with van der Waals surface area (Å²) in [6.45, 7) is 8.22. The fraction of sp³-hybridized carbons (Fsp3) is 0.625. The monoisotopic (exact) mass is 279 g/mol. The zero-order chi connectivity index (χ0) is 14.8. The van der Waals surface area contributed by atoms with E-state index >= 15 is 0 Å². The molecule has 1 aliphatic heterocycles. The highest BCUT2D eigenvalue weighted by Crippen LogP contribution is 2.35. The molecule has 0 spiro atoms. The Hall–Kier alpha value is -1.26. The summed E-state index contributed by atoms with van der Waals surface area (Å²) in [4.78, 5) is 0. The maximum Gasteiger partial charge on any atom is 0.122 e. The number of methoxy groups -OCH3 is 2. The summed E-state index contributed by atoms with van der Waals surface area (Å²) in [6, 6.07) is 5.91. The molecule has 4 nitrogen and oxygen atoms in total. The van der Waals surface area contributed by atoms with Crippen LogP contribution in [0, 0.1) is 5.92 Å². The van der Waals surface area contributed by atoms with E-state index in [9.17, 15) is 0 Å². The summed E-state index contributed by atoms with van der Waals surface area (Å²) < 4.78 is 17.0. The second kappa shape index (κ2) is 6.02. The Morgan fingerprint density at radius 2 is 1.80 bits per heavy atom. The fourth-order valence-electron chi connectivity index (χ4n) is 2.40. The molecule has 2 rings (SSSR count). The smallest absolute Gasteiger partial charge is 0.122 e. The molecule has 0 amide bonds. The van der Waals surface area contributed by atoms with Crippen LogP contribution >= 0.6 is 0 Å². The number of hydrogen-bond acceptors (Lipinski definition) is 4. The van der Waals surface area contributed by atoms with Crippen molar-refractivity contribution in [3.63, 3.8) is 0 Å². The van der Waals surface area contributed by atoms with Crippen LogP contribution in [0.1, 0.15) is 32.4 Å². The summed E-state index contributed by atoms with van der Waals surface area (Å²) in [5.74, 6) is 2.03. The zero-order valence-electron chi connectivity index (χ0n) is 13.0. The highest BCUT2D eigenvalue weighted by Gasteiger charge is 2.36. The number of nitrogens with one attached hydrogen (secondary N) is 1. The topological polar surface area (TPSA) is 39.7 Å². The average Bonchev–Trinajstić information content (AvgIpc) is 2.46. The third-order valence-corrected chi connectivity index (χ3v) is 4.18. The second-order valence-electron chi connectivity index (χ2n) is 5.85. The van der Waals surface area contributed by atoms with Crippen LogP contribution in [0.3, 0.4) is 0 Å². The van der Waals surface area contributed by atoms with Gasteiger partial charge >= 0.3 is 0 Å². The second-order valence-corrected chi connectivity index (χ2v) is 5.85. The van der Waals surface area contributed by atoms with E-state index in [-0.39, 0.29) is 11.7 Å². The maximum absolute atomic E-state index is 6.35. The van der Waals surface area contributed by atoms with Crippen molar-refractivity contribution in [1.29, 1.82) is 0 Å². The lowest BCUT2D eigenvalue weighted by atomic mass is 9.89. The number of hydrogen-bond donors (Lipinski definition) is 1. The van der Waals surface area contributed by atoms with E-state index in [2.05, 4.69) is 26.1 Å². The van der Waals surface area contributed by atoms with E-state index in [4.69, 9.17) is 14.2 Å². The van der Waals surface area contributed by atoms with E-state index in [1.54, 1.807) is 14.2 Å². The molecule has 0 radical (unpaired) electrons. The predicted molar refractivity (Wildman–Crippen MR) is 79.5 cm³/mol. The first kappa shape index (κ1) is 15.1. The quantitative estimate of drug-likeness (QED) is 0.920. The Morgan fingerprint density at radius 1 is 1.20 bits per heavy atom. The average molecular weight is 279 g/mol. The highest BCUT2D eigenvalue weighted by atomic mass is 16.5. The fourth-order valence-corrected chi connectivity index (χ4v) is 2.40. The van der Waals surface area contributed by atoms with Crippen LogP contribution in [0.15, 0.2) is 18.2 Å². The van der Waals surface area contributed by atoms with Gasteiger partial charge in [0.15, 0.2) is 0 Å². The van der Waals surface area contributed by atoms with E-state index in [0.717, 1.165) is 30.2 Å². The summed E-state index contributed by atoms with van der Waals surface area (Å²) in [7, 11) is 3.33. The van der Waals surface area contributed by atoms with Crippen LogP contribution in [0.5, 0.6) is 11.5 Å². The first-order chi connectivity index (χ1) is 9.48. The van der Waals surface area contributed by atoms with Crippen molar-refractivity contribution in [2.75, 3.05) is 27.3 Å². The summed E-state index contributed by atoms with van der Waals surface area (Å²) >= 11 is 0. The lowest BCUT2D eigenvalue weighted by Gasteiger charge is -2.42. The van der Waals surface area contributed by atoms with Gasteiger partial charge in [-0.15, -0.1) is 0 Å². The van der Waals surface area contributed by atoms with Crippen molar-refractivity contribution in [2.24, 2.45) is 5.92 Å². The van der Waals surface area contributed by atoms with Gasteiger partial charge in [-0.3, -0.25) is 0 Å². The van der Waals surface area contributed by atoms with Gasteiger partial charge in [-0.05, 0) is 30.5 Å². The molecule has 112 valence electrons. The molecule has 4 heteroatoms. The van der Waals surface area contributed by atoms with Gasteiger partial charge in [0.1, 0.15) is 11.5 Å². The van der Waals surface area contributed by atoms with Crippen LogP contribution in [0.25, 0.3) is 0 Å². The molecule has 0 saturated carbocycles. The van der Waals surface area contributed by atoms with Gasteiger partial charge < -0.3 is 19.5 Å². The van der Waals surface area contributed by atoms with Crippen LogP contribution in [-0.2, 0) is 4.74 Å². The lowest BCUT2D eigenvalue weighted by molar-refractivity contribution is -0.132. The standard InChI is InChI=1S/C16H25NO3/c1-11(2)16(3)10-17-9-15(20-16)12-6-13(18-4)8-14(7-12)19-5/h6-8,11,15,17H,9-10H2,1-5H3. The molecule has 1 aromatic carbocycles. The largest absolute Gasteiger partial charge is 0.497 e. The lowest BCUT2D eigenvalue weighted by Crippen LogP contribution is -2.52. The molecule has 0 aliphatic carbocycles. The van der Waals surface area contributed by atoms with Gasteiger partial charge in [-0.1, -0.05) is 13.8 Å². The molecular weight excluding hydrogens is 254 g/mol. The Bertz CT molecular complexity index is 439. The van der Waals surface area contributed by atoms with Crippen LogP contribution in [-0.4, -0.2) is 32.9 Å². The van der Waals surface area contributed by atoms with Gasteiger partial charge in [-0.25, -0.2) is 0 Å². The van der Waals surface area contributed by atoms with E-state index in [0.29, 0.717) is 5.92 Å². The molecule has 1 fully saturated rings. The SMILES string of the molecule is COc1cc(OC)cc(C2CNCC(C)(C(C)C)O2)c1. The molecular formula is C16H25NO3. The van der Waals surface area contributed by atoms with Gasteiger partial charge in [-0.2, -0.15) is 0 Å². The molecule has 20 heavy (non-hydrogen) atoms. The number of rotatable bonds is 4. The normalized spacial score (nSPS) is 26.6. The van der Waals surface area contributed by atoms with Gasteiger partial charge in [0, 0.05) is 19.2 Å². The highest BCUT2D eigenvalue weighted by molar-refractivity contribution is 5.39. The summed E-state index contributed by atoms with van der Waals surface area (Å²) in [6.07, 6.45) is 0.0140. The molecule has 0 aromatic heterocycles. The van der Waals surface area contributed by atoms with Crippen molar-refractivity contribution in [3.8, 4) is 11.5 Å². The molecule has 2 atom stereocenters. The maximum atomic E-state index is 6.35. The van der Waals surface area contributed by atoms with Gasteiger partial charge in [0.25, 0.3) is 0 Å². The third-order valence-electron chi connectivity index (χ3n) is 4.18. The van der Waals surface area contributed by atoms with Crippen molar-refractivity contribution >= 4 is 0 Å². The Labute approximate surface area is 121 Å². The first-order valence-corrected chi connectivity index (χ1v) is 7.10. The molecule has 0 bridgehead atoms.